The number of aromatic nitrogens is 3. The minimum Gasteiger partial charge on any atom is -0.478 e. The van der Waals surface area contributed by atoms with Gasteiger partial charge in [-0.25, -0.2) is 19.7 Å². The molecule has 14 nitrogen and oxygen atoms in total. The minimum atomic E-state index is -1.34. The van der Waals surface area contributed by atoms with Gasteiger partial charge in [0, 0.05) is 42.4 Å². The zero-order valence-corrected chi connectivity index (χ0v) is 19.9. The van der Waals surface area contributed by atoms with Gasteiger partial charge in [0.25, 0.3) is 11.4 Å². The van der Waals surface area contributed by atoms with E-state index in [0.717, 1.165) is 6.20 Å². The molecule has 0 bridgehead atoms. The highest BCUT2D eigenvalue weighted by atomic mass is 16.6. The van der Waals surface area contributed by atoms with E-state index in [2.05, 4.69) is 25.6 Å². The van der Waals surface area contributed by atoms with Crippen LogP contribution in [0.1, 0.15) is 15.9 Å². The SMILES string of the molecule is N#Cc1ccc(-c2nc(NCCNc3ccc([N+](=O)[O-])cn3)nc(-c3cccc([N+](=O)[O-])c3)c2C(=O)O)cc1. The summed E-state index contributed by atoms with van der Waals surface area (Å²) >= 11 is 0. The zero-order valence-electron chi connectivity index (χ0n) is 19.9. The number of carboxylic acids is 1. The Morgan fingerprint density at radius 3 is 2.15 bits per heavy atom. The highest BCUT2D eigenvalue weighted by Crippen LogP contribution is 2.33. The molecule has 0 aliphatic carbocycles. The Morgan fingerprint density at radius 1 is 0.897 bits per heavy atom. The quantitative estimate of drug-likeness (QED) is 0.151. The summed E-state index contributed by atoms with van der Waals surface area (Å²) < 4.78 is 0. The molecule has 0 radical (unpaired) electrons. The predicted molar refractivity (Wildman–Crippen MR) is 139 cm³/mol. The van der Waals surface area contributed by atoms with Crippen LogP contribution in [-0.4, -0.2) is 49.0 Å². The first kappa shape index (κ1) is 26.1. The first-order valence-corrected chi connectivity index (χ1v) is 11.3. The Labute approximate surface area is 219 Å². The van der Waals surface area contributed by atoms with Gasteiger partial charge in [-0.05, 0) is 18.2 Å². The summed E-state index contributed by atoms with van der Waals surface area (Å²) in [6, 6.07) is 16.3. The molecular formula is C25H18N8O6. The average molecular weight is 526 g/mol. The molecule has 0 saturated carbocycles. The summed E-state index contributed by atoms with van der Waals surface area (Å²) in [7, 11) is 0. The molecule has 2 aromatic carbocycles. The van der Waals surface area contributed by atoms with Crippen molar-refractivity contribution < 1.29 is 19.7 Å². The van der Waals surface area contributed by atoms with Gasteiger partial charge >= 0.3 is 5.97 Å². The van der Waals surface area contributed by atoms with E-state index in [0.29, 0.717) is 23.5 Å². The van der Waals surface area contributed by atoms with Gasteiger partial charge < -0.3 is 15.7 Å². The molecule has 0 unspecified atom stereocenters. The number of nitriles is 1. The maximum Gasteiger partial charge on any atom is 0.340 e. The molecular weight excluding hydrogens is 508 g/mol. The van der Waals surface area contributed by atoms with Crippen LogP contribution >= 0.6 is 0 Å². The summed E-state index contributed by atoms with van der Waals surface area (Å²) in [4.78, 5) is 46.1. The molecule has 4 aromatic rings. The Morgan fingerprint density at radius 2 is 1.56 bits per heavy atom. The summed E-state index contributed by atoms with van der Waals surface area (Å²) in [5, 5.41) is 47.3. The monoisotopic (exact) mass is 526 g/mol. The van der Waals surface area contributed by atoms with Crippen LogP contribution in [0.15, 0.2) is 66.9 Å². The van der Waals surface area contributed by atoms with Crippen LogP contribution < -0.4 is 10.6 Å². The largest absolute Gasteiger partial charge is 0.478 e. The molecule has 0 spiro atoms. The summed E-state index contributed by atoms with van der Waals surface area (Å²) in [5.74, 6) is -0.882. The highest BCUT2D eigenvalue weighted by molar-refractivity contribution is 6.01. The maximum absolute atomic E-state index is 12.4. The minimum absolute atomic E-state index is 0.0342. The first-order valence-electron chi connectivity index (χ1n) is 11.3. The number of hydrogen-bond acceptors (Lipinski definition) is 11. The Bertz CT molecular complexity index is 1600. The second-order valence-electron chi connectivity index (χ2n) is 7.93. The normalized spacial score (nSPS) is 10.3. The van der Waals surface area contributed by atoms with Gasteiger partial charge in [0.1, 0.15) is 17.6 Å². The number of pyridine rings is 1. The van der Waals surface area contributed by atoms with Gasteiger partial charge in [-0.3, -0.25) is 20.2 Å². The second kappa shape index (κ2) is 11.4. The van der Waals surface area contributed by atoms with Crippen molar-refractivity contribution >= 4 is 29.1 Å². The second-order valence-corrected chi connectivity index (χ2v) is 7.93. The van der Waals surface area contributed by atoms with Crippen LogP contribution in [0.2, 0.25) is 0 Å². The Hall–Kier alpha value is -5.97. The van der Waals surface area contributed by atoms with E-state index in [1.54, 1.807) is 12.1 Å². The molecule has 0 saturated heterocycles. The van der Waals surface area contributed by atoms with Crippen molar-refractivity contribution in [3.63, 3.8) is 0 Å². The first-order chi connectivity index (χ1) is 18.8. The molecule has 2 aromatic heterocycles. The van der Waals surface area contributed by atoms with Crippen LogP contribution in [-0.2, 0) is 0 Å². The topological polar surface area (TPSA) is 210 Å². The van der Waals surface area contributed by atoms with Crippen molar-refractivity contribution in [3.8, 4) is 28.6 Å². The van der Waals surface area contributed by atoms with E-state index in [9.17, 15) is 30.1 Å². The van der Waals surface area contributed by atoms with Crippen LogP contribution in [0.25, 0.3) is 22.5 Å². The van der Waals surface area contributed by atoms with Gasteiger partial charge in [0.2, 0.25) is 5.95 Å². The summed E-state index contributed by atoms with van der Waals surface area (Å²) in [5.41, 5.74) is 0.342. The van der Waals surface area contributed by atoms with Gasteiger partial charge in [0.15, 0.2) is 0 Å². The van der Waals surface area contributed by atoms with Gasteiger partial charge in [0.05, 0.1) is 32.9 Å². The molecule has 14 heteroatoms. The number of aromatic carboxylic acids is 1. The summed E-state index contributed by atoms with van der Waals surface area (Å²) in [6.45, 7) is 0.541. The van der Waals surface area contributed by atoms with Crippen molar-refractivity contribution in [2.75, 3.05) is 23.7 Å². The molecule has 0 amide bonds. The lowest BCUT2D eigenvalue weighted by molar-refractivity contribution is -0.385. The molecule has 39 heavy (non-hydrogen) atoms. The van der Waals surface area contributed by atoms with Crippen molar-refractivity contribution in [1.29, 1.82) is 5.26 Å². The molecule has 0 aliphatic heterocycles. The Kier molecular flexibility index (Phi) is 7.63. The lowest BCUT2D eigenvalue weighted by Crippen LogP contribution is -2.17. The number of benzene rings is 2. The molecule has 0 aliphatic rings. The number of carbonyl (C=O) groups is 1. The summed E-state index contributed by atoms with van der Waals surface area (Å²) in [6.07, 6.45) is 1.12. The van der Waals surface area contributed by atoms with Crippen LogP contribution in [0.4, 0.5) is 23.1 Å². The number of hydrogen-bond donors (Lipinski definition) is 3. The van der Waals surface area contributed by atoms with Crippen LogP contribution in [0.3, 0.4) is 0 Å². The number of non-ortho nitro benzene ring substituents is 1. The number of nitrogens with zero attached hydrogens (tertiary/aromatic N) is 6. The standard InChI is InChI=1S/C25H18N8O6/c26-13-15-4-6-16(7-5-15)22-21(24(34)35)23(17-2-1-3-18(12-17)32(36)37)31-25(30-22)28-11-10-27-20-9-8-19(14-29-20)33(38)39/h1-9,12,14H,10-11H2,(H,27,29)(H,34,35)(H,28,30,31). The predicted octanol–water partition coefficient (Wildman–Crippen LogP) is 4.12. The van der Waals surface area contributed by atoms with Crippen molar-refractivity contribution in [2.24, 2.45) is 0 Å². The lowest BCUT2D eigenvalue weighted by Gasteiger charge is -2.14. The molecule has 4 rings (SSSR count). The third-order valence-corrected chi connectivity index (χ3v) is 5.41. The third kappa shape index (κ3) is 6.06. The fourth-order valence-corrected chi connectivity index (χ4v) is 3.59. The van der Waals surface area contributed by atoms with E-state index in [1.165, 1.54) is 48.5 Å². The average Bonchev–Trinajstić information content (AvgIpc) is 2.95. The van der Waals surface area contributed by atoms with Crippen molar-refractivity contribution in [3.05, 3.63) is 98.2 Å². The molecule has 194 valence electrons. The Balaban J connectivity index is 1.69. The van der Waals surface area contributed by atoms with E-state index in [-0.39, 0.29) is 46.4 Å². The van der Waals surface area contributed by atoms with E-state index in [1.807, 2.05) is 6.07 Å². The number of carboxylic acid groups (broad SMARTS) is 1. The molecule has 0 fully saturated rings. The number of nitro benzene ring substituents is 1. The fourth-order valence-electron chi connectivity index (χ4n) is 3.59. The van der Waals surface area contributed by atoms with Crippen molar-refractivity contribution in [2.45, 2.75) is 0 Å². The van der Waals surface area contributed by atoms with Crippen LogP contribution in [0.5, 0.6) is 0 Å². The number of rotatable bonds is 10. The number of nitrogens with one attached hydrogen (secondary N) is 2. The smallest absolute Gasteiger partial charge is 0.340 e. The molecule has 0 atom stereocenters. The van der Waals surface area contributed by atoms with Gasteiger partial charge in [-0.2, -0.15) is 5.26 Å². The van der Waals surface area contributed by atoms with E-state index >= 15 is 0 Å². The van der Waals surface area contributed by atoms with E-state index < -0.39 is 15.8 Å². The zero-order chi connectivity index (χ0) is 27.9. The molecule has 3 N–H and O–H groups in total. The molecule has 2 heterocycles. The number of anilines is 2. The van der Waals surface area contributed by atoms with E-state index in [4.69, 9.17) is 5.26 Å². The maximum atomic E-state index is 12.4. The van der Waals surface area contributed by atoms with Gasteiger partial charge in [-0.15, -0.1) is 0 Å². The highest BCUT2D eigenvalue weighted by Gasteiger charge is 2.24. The van der Waals surface area contributed by atoms with Gasteiger partial charge in [-0.1, -0.05) is 24.3 Å². The lowest BCUT2D eigenvalue weighted by atomic mass is 9.99. The number of nitro groups is 2. The van der Waals surface area contributed by atoms with Crippen LogP contribution in [0, 0.1) is 31.6 Å². The van der Waals surface area contributed by atoms with Crippen molar-refractivity contribution in [1.82, 2.24) is 15.0 Å². The third-order valence-electron chi connectivity index (χ3n) is 5.41. The fraction of sp³-hybridized carbons (Fsp3) is 0.0800.